The second-order valence-electron chi connectivity index (χ2n) is 6.54. The first-order valence-corrected chi connectivity index (χ1v) is 8.45. The summed E-state index contributed by atoms with van der Waals surface area (Å²) in [6, 6.07) is 9.25. The third-order valence-electron chi connectivity index (χ3n) is 3.81. The van der Waals surface area contributed by atoms with E-state index in [0.29, 0.717) is 12.0 Å². The van der Waals surface area contributed by atoms with Crippen molar-refractivity contribution in [2.45, 2.75) is 59.4 Å². The van der Waals surface area contributed by atoms with Crippen LogP contribution in [-0.2, 0) is 4.74 Å². The Hall–Kier alpha value is -0.860. The summed E-state index contributed by atoms with van der Waals surface area (Å²) in [6.45, 7) is 13.7. The molecule has 1 N–H and O–H groups in total. The summed E-state index contributed by atoms with van der Waals surface area (Å²) in [4.78, 5) is 0. The van der Waals surface area contributed by atoms with Crippen LogP contribution in [0.5, 0.6) is 0 Å². The first-order valence-electron chi connectivity index (χ1n) is 8.45. The molecular formula is C19H33NO. The Kier molecular flexibility index (Phi) is 8.63. The Morgan fingerprint density at radius 2 is 1.62 bits per heavy atom. The van der Waals surface area contributed by atoms with Crippen molar-refractivity contribution in [2.75, 3.05) is 19.8 Å². The summed E-state index contributed by atoms with van der Waals surface area (Å²) in [5.41, 5.74) is 2.72. The molecule has 1 unspecified atom stereocenters. The van der Waals surface area contributed by atoms with Gasteiger partial charge >= 0.3 is 0 Å². The average Bonchev–Trinajstić information content (AvgIpc) is 2.45. The molecule has 1 aromatic rings. The van der Waals surface area contributed by atoms with E-state index in [0.717, 1.165) is 32.1 Å². The van der Waals surface area contributed by atoms with Gasteiger partial charge in [0.25, 0.3) is 0 Å². The first kappa shape index (κ1) is 18.2. The van der Waals surface area contributed by atoms with E-state index in [2.05, 4.69) is 64.2 Å². The summed E-state index contributed by atoms with van der Waals surface area (Å²) in [5, 5.41) is 3.52. The zero-order chi connectivity index (χ0) is 15.7. The maximum atomic E-state index is 5.87. The van der Waals surface area contributed by atoms with Crippen molar-refractivity contribution >= 4 is 0 Å². The monoisotopic (exact) mass is 291 g/mol. The van der Waals surface area contributed by atoms with Gasteiger partial charge in [0.2, 0.25) is 0 Å². The van der Waals surface area contributed by atoms with Crippen LogP contribution in [0.3, 0.4) is 0 Å². The minimum absolute atomic E-state index is 0.301. The molecule has 0 aliphatic heterocycles. The smallest absolute Gasteiger partial charge is 0.0661 e. The van der Waals surface area contributed by atoms with Crippen molar-refractivity contribution in [3.63, 3.8) is 0 Å². The molecule has 1 rings (SSSR count). The van der Waals surface area contributed by atoms with Gasteiger partial charge in [0.15, 0.2) is 0 Å². The standard InChI is InChI=1S/C19H33NO/c1-6-20-19(14-21-13-7-8-15(2)3)18-11-9-17(10-12-18)16(4)5/h9-12,15-16,19-20H,6-8,13-14H2,1-5H3. The minimum atomic E-state index is 0.301. The molecule has 0 radical (unpaired) electrons. The van der Waals surface area contributed by atoms with Crippen LogP contribution in [0.15, 0.2) is 24.3 Å². The lowest BCUT2D eigenvalue weighted by atomic mass is 9.99. The molecule has 0 aliphatic carbocycles. The molecule has 1 aromatic carbocycles. The average molecular weight is 291 g/mol. The summed E-state index contributed by atoms with van der Waals surface area (Å²) in [6.07, 6.45) is 2.40. The number of benzene rings is 1. The highest BCUT2D eigenvalue weighted by atomic mass is 16.5. The van der Waals surface area contributed by atoms with Gasteiger partial charge < -0.3 is 10.1 Å². The van der Waals surface area contributed by atoms with Crippen LogP contribution in [0, 0.1) is 5.92 Å². The number of nitrogens with one attached hydrogen (secondary N) is 1. The number of likely N-dealkylation sites (N-methyl/N-ethyl adjacent to an activating group) is 1. The Bertz CT molecular complexity index is 370. The van der Waals surface area contributed by atoms with Crippen LogP contribution in [-0.4, -0.2) is 19.8 Å². The zero-order valence-corrected chi connectivity index (χ0v) is 14.5. The molecular weight excluding hydrogens is 258 g/mol. The molecule has 2 nitrogen and oxygen atoms in total. The second kappa shape index (κ2) is 9.97. The Morgan fingerprint density at radius 3 is 2.14 bits per heavy atom. The van der Waals surface area contributed by atoms with E-state index in [1.807, 2.05) is 0 Å². The molecule has 0 saturated carbocycles. The van der Waals surface area contributed by atoms with Crippen LogP contribution in [0.1, 0.15) is 70.5 Å². The lowest BCUT2D eigenvalue weighted by molar-refractivity contribution is 0.106. The quantitative estimate of drug-likeness (QED) is 0.618. The van der Waals surface area contributed by atoms with Crippen molar-refractivity contribution < 1.29 is 4.74 Å². The molecule has 0 amide bonds. The Balaban J connectivity index is 2.48. The highest BCUT2D eigenvalue weighted by molar-refractivity contribution is 5.27. The van der Waals surface area contributed by atoms with Gasteiger partial charge in [-0.3, -0.25) is 0 Å². The number of hydrogen-bond acceptors (Lipinski definition) is 2. The molecule has 120 valence electrons. The highest BCUT2D eigenvalue weighted by Crippen LogP contribution is 2.19. The van der Waals surface area contributed by atoms with Crippen molar-refractivity contribution in [3.8, 4) is 0 Å². The zero-order valence-electron chi connectivity index (χ0n) is 14.5. The molecule has 0 saturated heterocycles. The Morgan fingerprint density at radius 1 is 1.00 bits per heavy atom. The van der Waals surface area contributed by atoms with Crippen molar-refractivity contribution in [2.24, 2.45) is 5.92 Å². The number of rotatable bonds is 10. The van der Waals surface area contributed by atoms with Crippen molar-refractivity contribution in [1.29, 1.82) is 0 Å². The molecule has 0 fully saturated rings. The van der Waals surface area contributed by atoms with Crippen LogP contribution in [0.2, 0.25) is 0 Å². The van der Waals surface area contributed by atoms with Gasteiger partial charge in [-0.15, -0.1) is 0 Å². The van der Waals surface area contributed by atoms with Gasteiger partial charge in [-0.25, -0.2) is 0 Å². The predicted octanol–water partition coefficient (Wildman–Crippen LogP) is 4.91. The molecule has 1 atom stereocenters. The topological polar surface area (TPSA) is 21.3 Å². The summed E-state index contributed by atoms with van der Waals surface area (Å²) in [5.74, 6) is 1.35. The fraction of sp³-hybridized carbons (Fsp3) is 0.684. The first-order chi connectivity index (χ1) is 10.0. The predicted molar refractivity (Wildman–Crippen MR) is 91.8 cm³/mol. The number of ether oxygens (including phenoxy) is 1. The molecule has 21 heavy (non-hydrogen) atoms. The fourth-order valence-electron chi connectivity index (χ4n) is 2.43. The summed E-state index contributed by atoms with van der Waals surface area (Å²) >= 11 is 0. The van der Waals surface area contributed by atoms with Crippen LogP contribution in [0.25, 0.3) is 0 Å². The van der Waals surface area contributed by atoms with E-state index in [1.54, 1.807) is 0 Å². The Labute approximate surface area is 131 Å². The molecule has 0 heterocycles. The van der Waals surface area contributed by atoms with E-state index in [-0.39, 0.29) is 0 Å². The molecule has 0 spiro atoms. The largest absolute Gasteiger partial charge is 0.379 e. The lowest BCUT2D eigenvalue weighted by Gasteiger charge is -2.19. The lowest BCUT2D eigenvalue weighted by Crippen LogP contribution is -2.25. The molecule has 2 heteroatoms. The minimum Gasteiger partial charge on any atom is -0.379 e. The normalized spacial score (nSPS) is 13.1. The molecule has 0 aromatic heterocycles. The third-order valence-corrected chi connectivity index (χ3v) is 3.81. The van der Waals surface area contributed by atoms with Gasteiger partial charge in [0.05, 0.1) is 12.6 Å². The fourth-order valence-corrected chi connectivity index (χ4v) is 2.43. The van der Waals surface area contributed by atoms with Gasteiger partial charge in [0, 0.05) is 6.61 Å². The summed E-state index contributed by atoms with van der Waals surface area (Å²) in [7, 11) is 0. The maximum Gasteiger partial charge on any atom is 0.0661 e. The molecule has 0 bridgehead atoms. The van der Waals surface area contributed by atoms with E-state index in [1.165, 1.54) is 17.5 Å². The van der Waals surface area contributed by atoms with Crippen molar-refractivity contribution in [1.82, 2.24) is 5.32 Å². The van der Waals surface area contributed by atoms with Crippen LogP contribution in [0.4, 0.5) is 0 Å². The maximum absolute atomic E-state index is 5.87. The van der Waals surface area contributed by atoms with Crippen molar-refractivity contribution in [3.05, 3.63) is 35.4 Å². The SMILES string of the molecule is CCNC(COCCCC(C)C)c1ccc(C(C)C)cc1. The van der Waals surface area contributed by atoms with Gasteiger partial charge in [-0.2, -0.15) is 0 Å². The van der Waals surface area contributed by atoms with Gasteiger partial charge in [0.1, 0.15) is 0 Å². The third kappa shape index (κ3) is 7.10. The summed E-state index contributed by atoms with van der Waals surface area (Å²) < 4.78 is 5.87. The van der Waals surface area contributed by atoms with Gasteiger partial charge in [-0.05, 0) is 42.3 Å². The van der Waals surface area contributed by atoms with Crippen LogP contribution >= 0.6 is 0 Å². The highest BCUT2D eigenvalue weighted by Gasteiger charge is 2.11. The van der Waals surface area contributed by atoms with E-state index in [4.69, 9.17) is 4.74 Å². The number of hydrogen-bond donors (Lipinski definition) is 1. The second-order valence-corrected chi connectivity index (χ2v) is 6.54. The van der Waals surface area contributed by atoms with E-state index >= 15 is 0 Å². The van der Waals surface area contributed by atoms with E-state index < -0.39 is 0 Å². The molecule has 0 aliphatic rings. The van der Waals surface area contributed by atoms with Gasteiger partial charge in [-0.1, -0.05) is 58.9 Å². The van der Waals surface area contributed by atoms with E-state index in [9.17, 15) is 0 Å². The van der Waals surface area contributed by atoms with Crippen LogP contribution < -0.4 is 5.32 Å².